The van der Waals surface area contributed by atoms with Crippen LogP contribution in [-0.4, -0.2) is 17.8 Å². The van der Waals surface area contributed by atoms with Crippen LogP contribution in [0.25, 0.3) is 0 Å². The van der Waals surface area contributed by atoms with Crippen LogP contribution in [0, 0.1) is 0 Å². The van der Waals surface area contributed by atoms with Crippen LogP contribution < -0.4 is 10.5 Å². The Morgan fingerprint density at radius 1 is 1.35 bits per heavy atom. The average molecular weight is 235 g/mol. The Kier molecular flexibility index (Phi) is 3.15. The van der Waals surface area contributed by atoms with Gasteiger partial charge in [0.1, 0.15) is 11.9 Å². The van der Waals surface area contributed by atoms with Gasteiger partial charge < -0.3 is 15.6 Å². The molecule has 0 aliphatic heterocycles. The molecule has 94 valence electrons. The van der Waals surface area contributed by atoms with Crippen molar-refractivity contribution in [2.75, 3.05) is 7.11 Å². The van der Waals surface area contributed by atoms with Crippen molar-refractivity contribution in [3.8, 4) is 5.75 Å². The number of aliphatic hydroxyl groups excluding tert-OH is 1. The molecule has 0 spiro atoms. The largest absolute Gasteiger partial charge is 0.496 e. The highest BCUT2D eigenvalue weighted by Crippen LogP contribution is 2.46. The Bertz CT molecular complexity index is 411. The molecule has 17 heavy (non-hydrogen) atoms. The number of ether oxygens (including phenoxy) is 1. The maximum Gasteiger partial charge on any atom is 0.124 e. The van der Waals surface area contributed by atoms with Gasteiger partial charge in [-0.25, -0.2) is 0 Å². The first-order valence-electron chi connectivity index (χ1n) is 6.13. The summed E-state index contributed by atoms with van der Waals surface area (Å²) in [5.41, 5.74) is 7.64. The topological polar surface area (TPSA) is 55.5 Å². The lowest BCUT2D eigenvalue weighted by atomic mass is 9.94. The molecule has 2 rings (SSSR count). The Morgan fingerprint density at radius 3 is 2.47 bits per heavy atom. The number of hydrogen-bond donors (Lipinski definition) is 2. The minimum Gasteiger partial charge on any atom is -0.496 e. The molecule has 1 aromatic carbocycles. The fraction of sp³-hybridized carbons (Fsp3) is 0.571. The van der Waals surface area contributed by atoms with Crippen LogP contribution in [0.5, 0.6) is 5.75 Å². The molecule has 0 saturated heterocycles. The number of methoxy groups -OCH3 is 1. The van der Waals surface area contributed by atoms with Crippen LogP contribution >= 0.6 is 0 Å². The van der Waals surface area contributed by atoms with E-state index in [2.05, 4.69) is 13.8 Å². The van der Waals surface area contributed by atoms with Gasteiger partial charge in [0.15, 0.2) is 0 Å². The van der Waals surface area contributed by atoms with E-state index < -0.39 is 11.6 Å². The second kappa shape index (κ2) is 4.31. The van der Waals surface area contributed by atoms with Crippen molar-refractivity contribution in [3.63, 3.8) is 0 Å². The van der Waals surface area contributed by atoms with Crippen molar-refractivity contribution in [1.82, 2.24) is 0 Å². The molecule has 1 atom stereocenters. The van der Waals surface area contributed by atoms with Crippen molar-refractivity contribution in [2.24, 2.45) is 5.73 Å². The monoisotopic (exact) mass is 235 g/mol. The molecule has 1 aliphatic rings. The van der Waals surface area contributed by atoms with Crippen LogP contribution in [-0.2, 0) is 0 Å². The molecule has 1 aromatic rings. The second-order valence-electron chi connectivity index (χ2n) is 5.29. The van der Waals surface area contributed by atoms with E-state index >= 15 is 0 Å². The smallest absolute Gasteiger partial charge is 0.124 e. The molecule has 3 heteroatoms. The van der Waals surface area contributed by atoms with Crippen LogP contribution in [0.3, 0.4) is 0 Å². The molecule has 1 saturated carbocycles. The molecule has 1 aliphatic carbocycles. The Labute approximate surface area is 103 Å². The van der Waals surface area contributed by atoms with E-state index in [1.807, 2.05) is 18.2 Å². The predicted molar refractivity (Wildman–Crippen MR) is 68.2 cm³/mol. The van der Waals surface area contributed by atoms with E-state index in [1.54, 1.807) is 7.11 Å². The van der Waals surface area contributed by atoms with Gasteiger partial charge in [0.25, 0.3) is 0 Å². The molecular weight excluding hydrogens is 214 g/mol. The van der Waals surface area contributed by atoms with Crippen LogP contribution in [0.15, 0.2) is 18.2 Å². The summed E-state index contributed by atoms with van der Waals surface area (Å²) in [5, 5.41) is 10.3. The zero-order valence-corrected chi connectivity index (χ0v) is 10.7. The highest BCUT2D eigenvalue weighted by molar-refractivity contribution is 5.42. The first-order chi connectivity index (χ1) is 7.98. The number of rotatable bonds is 4. The van der Waals surface area contributed by atoms with Gasteiger partial charge in [0, 0.05) is 11.1 Å². The third kappa shape index (κ3) is 2.31. The molecule has 1 fully saturated rings. The van der Waals surface area contributed by atoms with Gasteiger partial charge in [-0.05, 0) is 36.5 Å². The van der Waals surface area contributed by atoms with Gasteiger partial charge in [0.05, 0.1) is 7.11 Å². The summed E-state index contributed by atoms with van der Waals surface area (Å²) >= 11 is 0. The SMILES string of the molecule is COc1ccc(C(C)C)cc1C(O)C1(N)CC1. The highest BCUT2D eigenvalue weighted by atomic mass is 16.5. The van der Waals surface area contributed by atoms with Crippen molar-refractivity contribution in [2.45, 2.75) is 44.2 Å². The first kappa shape index (κ1) is 12.4. The normalized spacial score (nSPS) is 19.2. The van der Waals surface area contributed by atoms with Crippen LogP contribution in [0.2, 0.25) is 0 Å². The standard InChI is InChI=1S/C14H21NO2/c1-9(2)10-4-5-12(17-3)11(8-10)13(16)14(15)6-7-14/h4-5,8-9,13,16H,6-7,15H2,1-3H3. The predicted octanol–water partition coefficient (Wildman–Crippen LogP) is 2.34. The van der Waals surface area contributed by atoms with Crippen molar-refractivity contribution in [1.29, 1.82) is 0 Å². The summed E-state index contributed by atoms with van der Waals surface area (Å²) in [7, 11) is 1.62. The molecule has 0 bridgehead atoms. The number of nitrogens with two attached hydrogens (primary N) is 1. The van der Waals surface area contributed by atoms with E-state index in [0.717, 1.165) is 24.2 Å². The Balaban J connectivity index is 2.38. The van der Waals surface area contributed by atoms with Crippen molar-refractivity contribution in [3.05, 3.63) is 29.3 Å². The fourth-order valence-electron chi connectivity index (χ4n) is 2.05. The maximum absolute atomic E-state index is 10.3. The first-order valence-corrected chi connectivity index (χ1v) is 6.13. The fourth-order valence-corrected chi connectivity index (χ4v) is 2.05. The highest BCUT2D eigenvalue weighted by Gasteiger charge is 2.46. The Hall–Kier alpha value is -1.06. The van der Waals surface area contributed by atoms with E-state index in [9.17, 15) is 5.11 Å². The lowest BCUT2D eigenvalue weighted by Crippen LogP contribution is -2.30. The molecule has 0 amide bonds. The molecule has 0 heterocycles. The minimum absolute atomic E-state index is 0.430. The van der Waals surface area contributed by atoms with Crippen molar-refractivity contribution < 1.29 is 9.84 Å². The third-order valence-electron chi connectivity index (χ3n) is 3.59. The third-order valence-corrected chi connectivity index (χ3v) is 3.59. The van der Waals surface area contributed by atoms with E-state index in [0.29, 0.717) is 5.92 Å². The molecule has 3 N–H and O–H groups in total. The lowest BCUT2D eigenvalue weighted by molar-refractivity contribution is 0.132. The average Bonchev–Trinajstić information content (AvgIpc) is 3.06. The van der Waals surface area contributed by atoms with Gasteiger partial charge in [-0.1, -0.05) is 19.9 Å². The van der Waals surface area contributed by atoms with Gasteiger partial charge in [0.2, 0.25) is 0 Å². The van der Waals surface area contributed by atoms with Gasteiger partial charge in [-0.3, -0.25) is 0 Å². The van der Waals surface area contributed by atoms with Crippen molar-refractivity contribution >= 4 is 0 Å². The van der Waals surface area contributed by atoms with E-state index in [1.165, 1.54) is 5.56 Å². The summed E-state index contributed by atoms with van der Waals surface area (Å²) in [6.45, 7) is 4.26. The summed E-state index contributed by atoms with van der Waals surface area (Å²) in [5.74, 6) is 1.15. The van der Waals surface area contributed by atoms with Crippen LogP contribution in [0.4, 0.5) is 0 Å². The van der Waals surface area contributed by atoms with Gasteiger partial charge in [-0.15, -0.1) is 0 Å². The minimum atomic E-state index is -0.629. The summed E-state index contributed by atoms with van der Waals surface area (Å²) in [4.78, 5) is 0. The van der Waals surface area contributed by atoms with E-state index in [-0.39, 0.29) is 0 Å². The van der Waals surface area contributed by atoms with Crippen LogP contribution in [0.1, 0.15) is 49.8 Å². The van der Waals surface area contributed by atoms with Gasteiger partial charge in [-0.2, -0.15) is 0 Å². The summed E-state index contributed by atoms with van der Waals surface area (Å²) in [6.07, 6.45) is 1.13. The quantitative estimate of drug-likeness (QED) is 0.842. The molecule has 1 unspecified atom stereocenters. The Morgan fingerprint density at radius 2 is 2.00 bits per heavy atom. The van der Waals surface area contributed by atoms with Gasteiger partial charge >= 0.3 is 0 Å². The second-order valence-corrected chi connectivity index (χ2v) is 5.29. The molecule has 0 radical (unpaired) electrons. The zero-order valence-electron chi connectivity index (χ0n) is 10.7. The summed E-state index contributed by atoms with van der Waals surface area (Å²) < 4.78 is 5.31. The van der Waals surface area contributed by atoms with E-state index in [4.69, 9.17) is 10.5 Å². The molecular formula is C14H21NO2. The number of hydrogen-bond acceptors (Lipinski definition) is 3. The lowest BCUT2D eigenvalue weighted by Gasteiger charge is -2.21. The molecule has 3 nitrogen and oxygen atoms in total. The number of benzene rings is 1. The number of aliphatic hydroxyl groups is 1. The summed E-state index contributed by atoms with van der Waals surface area (Å²) in [6, 6.07) is 5.97. The molecule has 0 aromatic heterocycles. The zero-order chi connectivity index (χ0) is 12.6. The maximum atomic E-state index is 10.3.